The molecule has 0 aliphatic heterocycles. The first-order valence-corrected chi connectivity index (χ1v) is 13.5. The monoisotopic (exact) mass is 507 g/mol. The lowest BCUT2D eigenvalue weighted by molar-refractivity contribution is -0.139. The Kier molecular flexibility index (Phi) is 9.94. The number of unbranched alkanes of at least 4 members (excludes halogenated alkanes) is 1. The standard InChI is InChI=1S/C25H34ClN3O4S/c1-6-7-14-27-25(31)20(4)28(16-21-9-11-22(26)12-10-21)24(30)17-29(34(5,32)33)23-13-8-18(2)19(3)15-23/h8-13,15,20H,6-7,14,16-17H2,1-5H3,(H,27,31)/t20-/m0/s1. The Bertz CT molecular complexity index is 1100. The minimum Gasteiger partial charge on any atom is -0.354 e. The van der Waals surface area contributed by atoms with Gasteiger partial charge in [0.25, 0.3) is 0 Å². The lowest BCUT2D eigenvalue weighted by Crippen LogP contribution is -2.51. The molecule has 9 heteroatoms. The van der Waals surface area contributed by atoms with E-state index in [-0.39, 0.29) is 12.5 Å². The largest absolute Gasteiger partial charge is 0.354 e. The summed E-state index contributed by atoms with van der Waals surface area (Å²) in [6.07, 6.45) is 2.83. The number of carbonyl (C=O) groups is 2. The summed E-state index contributed by atoms with van der Waals surface area (Å²) < 4.78 is 26.3. The van der Waals surface area contributed by atoms with Crippen LogP contribution in [0.1, 0.15) is 43.4 Å². The van der Waals surface area contributed by atoms with E-state index in [4.69, 9.17) is 11.6 Å². The van der Waals surface area contributed by atoms with Crippen molar-refractivity contribution >= 4 is 39.1 Å². The van der Waals surface area contributed by atoms with Crippen molar-refractivity contribution in [2.75, 3.05) is 23.7 Å². The molecule has 2 aromatic carbocycles. The first-order valence-electron chi connectivity index (χ1n) is 11.3. The maximum Gasteiger partial charge on any atom is 0.244 e. The average molecular weight is 508 g/mol. The van der Waals surface area contributed by atoms with Crippen LogP contribution in [0.15, 0.2) is 42.5 Å². The molecule has 34 heavy (non-hydrogen) atoms. The van der Waals surface area contributed by atoms with Crippen molar-refractivity contribution < 1.29 is 18.0 Å². The number of anilines is 1. The lowest BCUT2D eigenvalue weighted by Gasteiger charge is -2.31. The number of amides is 2. The Balaban J connectivity index is 2.35. The van der Waals surface area contributed by atoms with Gasteiger partial charge in [0, 0.05) is 18.1 Å². The van der Waals surface area contributed by atoms with Gasteiger partial charge in [0.15, 0.2) is 0 Å². The number of aryl methyl sites for hydroxylation is 2. The Hall–Kier alpha value is -2.58. The SMILES string of the molecule is CCCCNC(=O)[C@H](C)N(Cc1ccc(Cl)cc1)C(=O)CN(c1ccc(C)c(C)c1)S(C)(=O)=O. The molecule has 2 rings (SSSR count). The van der Waals surface area contributed by atoms with Crippen LogP contribution in [0.5, 0.6) is 0 Å². The van der Waals surface area contributed by atoms with Gasteiger partial charge < -0.3 is 10.2 Å². The Morgan fingerprint density at radius 1 is 1.06 bits per heavy atom. The third-order valence-corrected chi connectivity index (χ3v) is 7.11. The van der Waals surface area contributed by atoms with Crippen LogP contribution >= 0.6 is 11.6 Å². The van der Waals surface area contributed by atoms with E-state index >= 15 is 0 Å². The second kappa shape index (κ2) is 12.2. The highest BCUT2D eigenvalue weighted by Crippen LogP contribution is 2.22. The number of benzene rings is 2. The van der Waals surface area contributed by atoms with Crippen LogP contribution in [0.3, 0.4) is 0 Å². The van der Waals surface area contributed by atoms with Crippen LogP contribution in [-0.2, 0) is 26.2 Å². The fourth-order valence-corrected chi connectivity index (χ4v) is 4.37. The summed E-state index contributed by atoms with van der Waals surface area (Å²) in [5, 5.41) is 3.42. The van der Waals surface area contributed by atoms with Gasteiger partial charge >= 0.3 is 0 Å². The van der Waals surface area contributed by atoms with Crippen molar-refractivity contribution in [2.24, 2.45) is 0 Å². The van der Waals surface area contributed by atoms with Crippen molar-refractivity contribution in [2.45, 2.75) is 53.1 Å². The maximum absolute atomic E-state index is 13.5. The first-order chi connectivity index (χ1) is 15.9. The van der Waals surface area contributed by atoms with Gasteiger partial charge in [-0.15, -0.1) is 0 Å². The second-order valence-corrected chi connectivity index (χ2v) is 10.9. The first kappa shape index (κ1) is 27.7. The van der Waals surface area contributed by atoms with E-state index in [0.717, 1.165) is 40.1 Å². The fourth-order valence-electron chi connectivity index (χ4n) is 3.40. The smallest absolute Gasteiger partial charge is 0.244 e. The maximum atomic E-state index is 13.5. The summed E-state index contributed by atoms with van der Waals surface area (Å²) in [6, 6.07) is 11.4. The van der Waals surface area contributed by atoms with Crippen LogP contribution < -0.4 is 9.62 Å². The van der Waals surface area contributed by atoms with Gasteiger partial charge in [0.05, 0.1) is 11.9 Å². The van der Waals surface area contributed by atoms with Crippen molar-refractivity contribution in [3.05, 3.63) is 64.2 Å². The van der Waals surface area contributed by atoms with Crippen molar-refractivity contribution in [1.29, 1.82) is 0 Å². The van der Waals surface area contributed by atoms with E-state index in [2.05, 4.69) is 5.32 Å². The Morgan fingerprint density at radius 3 is 2.26 bits per heavy atom. The summed E-state index contributed by atoms with van der Waals surface area (Å²) in [7, 11) is -3.75. The zero-order valence-corrected chi connectivity index (χ0v) is 22.0. The summed E-state index contributed by atoms with van der Waals surface area (Å²) in [5.41, 5.74) is 3.12. The highest BCUT2D eigenvalue weighted by atomic mass is 35.5. The zero-order valence-electron chi connectivity index (χ0n) is 20.5. The minimum absolute atomic E-state index is 0.142. The molecule has 0 radical (unpaired) electrons. The third-order valence-electron chi connectivity index (χ3n) is 5.72. The van der Waals surface area contributed by atoms with E-state index in [0.29, 0.717) is 17.3 Å². The van der Waals surface area contributed by atoms with Gasteiger partial charge in [-0.3, -0.25) is 13.9 Å². The molecule has 186 valence electrons. The van der Waals surface area contributed by atoms with Crippen molar-refractivity contribution in [3.8, 4) is 0 Å². The van der Waals surface area contributed by atoms with Gasteiger partial charge in [-0.25, -0.2) is 8.42 Å². The molecule has 0 aromatic heterocycles. The number of halogens is 1. The molecule has 2 amide bonds. The number of nitrogens with zero attached hydrogens (tertiary/aromatic N) is 2. The van der Waals surface area contributed by atoms with Crippen LogP contribution in [-0.4, -0.2) is 50.5 Å². The Labute approximate surface area is 208 Å². The van der Waals surface area contributed by atoms with E-state index in [1.807, 2.05) is 26.8 Å². The summed E-state index contributed by atoms with van der Waals surface area (Å²) in [5.74, 6) is -0.760. The number of sulfonamides is 1. The number of carbonyl (C=O) groups excluding carboxylic acids is 2. The predicted octanol–water partition coefficient (Wildman–Crippen LogP) is 4.06. The van der Waals surface area contributed by atoms with Gasteiger partial charge in [0.1, 0.15) is 12.6 Å². The third kappa shape index (κ3) is 7.74. The zero-order chi connectivity index (χ0) is 25.5. The molecule has 0 spiro atoms. The summed E-state index contributed by atoms with van der Waals surface area (Å²) in [6.45, 7) is 7.73. The lowest BCUT2D eigenvalue weighted by atomic mass is 10.1. The van der Waals surface area contributed by atoms with E-state index in [1.54, 1.807) is 43.3 Å². The molecule has 0 bridgehead atoms. The Morgan fingerprint density at radius 2 is 1.71 bits per heavy atom. The molecule has 1 N–H and O–H groups in total. The molecular formula is C25H34ClN3O4S. The van der Waals surface area contributed by atoms with Crippen molar-refractivity contribution in [1.82, 2.24) is 10.2 Å². The molecular weight excluding hydrogens is 474 g/mol. The van der Waals surface area contributed by atoms with Gasteiger partial charge in [-0.1, -0.05) is 43.1 Å². The quantitative estimate of drug-likeness (QED) is 0.465. The number of hydrogen-bond acceptors (Lipinski definition) is 4. The number of rotatable bonds is 11. The van der Waals surface area contributed by atoms with Crippen LogP contribution in [0, 0.1) is 13.8 Å². The predicted molar refractivity (Wildman–Crippen MR) is 137 cm³/mol. The topological polar surface area (TPSA) is 86.8 Å². The van der Waals surface area contributed by atoms with Crippen LogP contribution in [0.4, 0.5) is 5.69 Å². The molecule has 0 fully saturated rings. The number of hydrogen-bond donors (Lipinski definition) is 1. The molecule has 1 atom stereocenters. The van der Waals surface area contributed by atoms with E-state index < -0.39 is 28.5 Å². The van der Waals surface area contributed by atoms with E-state index in [1.165, 1.54) is 4.90 Å². The van der Waals surface area contributed by atoms with Gasteiger partial charge in [0.2, 0.25) is 21.8 Å². The van der Waals surface area contributed by atoms with Gasteiger partial charge in [-0.05, 0) is 68.1 Å². The fraction of sp³-hybridized carbons (Fsp3) is 0.440. The van der Waals surface area contributed by atoms with Crippen molar-refractivity contribution in [3.63, 3.8) is 0 Å². The van der Waals surface area contributed by atoms with Gasteiger partial charge in [-0.2, -0.15) is 0 Å². The molecule has 7 nitrogen and oxygen atoms in total. The highest BCUT2D eigenvalue weighted by molar-refractivity contribution is 7.92. The molecule has 0 aliphatic carbocycles. The second-order valence-electron chi connectivity index (χ2n) is 8.51. The average Bonchev–Trinajstić information content (AvgIpc) is 2.77. The summed E-state index contributed by atoms with van der Waals surface area (Å²) in [4.78, 5) is 27.7. The molecule has 0 saturated heterocycles. The molecule has 0 heterocycles. The van der Waals surface area contributed by atoms with Crippen LogP contribution in [0.2, 0.25) is 5.02 Å². The summed E-state index contributed by atoms with van der Waals surface area (Å²) >= 11 is 5.99. The normalized spacial score (nSPS) is 12.2. The van der Waals surface area contributed by atoms with Crippen LogP contribution in [0.25, 0.3) is 0 Å². The molecule has 0 unspecified atom stereocenters. The van der Waals surface area contributed by atoms with E-state index in [9.17, 15) is 18.0 Å². The molecule has 0 aliphatic rings. The molecule has 0 saturated carbocycles. The minimum atomic E-state index is -3.75. The molecule has 2 aromatic rings. The number of nitrogens with one attached hydrogen (secondary N) is 1. The highest BCUT2D eigenvalue weighted by Gasteiger charge is 2.30.